The van der Waals surface area contributed by atoms with Crippen LogP contribution >= 0.6 is 0 Å². The first-order chi connectivity index (χ1) is 12.9. The monoisotopic (exact) mass is 383 g/mol. The molecule has 3 rings (SSSR count). The molecule has 146 valence electrons. The van der Waals surface area contributed by atoms with Gasteiger partial charge in [-0.15, -0.1) is 0 Å². The number of alkyl halides is 3. The lowest BCUT2D eigenvalue weighted by Crippen LogP contribution is -2.37. The third-order valence-corrected chi connectivity index (χ3v) is 4.14. The van der Waals surface area contributed by atoms with Crippen LogP contribution in [0.4, 0.5) is 19.0 Å². The molecule has 0 bridgehead atoms. The van der Waals surface area contributed by atoms with Crippen molar-refractivity contribution in [1.29, 1.82) is 0 Å². The molecule has 10 heteroatoms. The fourth-order valence-corrected chi connectivity index (χ4v) is 2.75. The Morgan fingerprint density at radius 1 is 1.30 bits per heavy atom. The molecular weight excluding hydrogens is 363 g/mol. The molecule has 3 heterocycles. The lowest BCUT2D eigenvalue weighted by Gasteiger charge is -2.29. The Morgan fingerprint density at radius 2 is 2.07 bits per heavy atom. The van der Waals surface area contributed by atoms with Gasteiger partial charge in [-0.05, 0) is 6.07 Å². The number of nitrogens with zero attached hydrogens (tertiary/aromatic N) is 4. The molecule has 0 aromatic carbocycles. The molecule has 1 saturated heterocycles. The summed E-state index contributed by atoms with van der Waals surface area (Å²) < 4.78 is 43.3. The molecule has 0 atom stereocenters. The van der Waals surface area contributed by atoms with Gasteiger partial charge in [-0.25, -0.2) is 4.98 Å². The van der Waals surface area contributed by atoms with Crippen LogP contribution in [-0.2, 0) is 17.8 Å². The number of carbonyl (C=O) groups excluding carboxylic acids is 1. The van der Waals surface area contributed by atoms with Crippen LogP contribution in [0.2, 0.25) is 0 Å². The average Bonchev–Trinajstić information content (AvgIpc) is 3.14. The van der Waals surface area contributed by atoms with Crippen LogP contribution in [0.1, 0.15) is 22.3 Å². The zero-order chi connectivity index (χ0) is 19.3. The first-order valence-corrected chi connectivity index (χ1v) is 8.56. The molecule has 0 aliphatic carbocycles. The van der Waals surface area contributed by atoms with Crippen LogP contribution < -0.4 is 10.2 Å². The van der Waals surface area contributed by atoms with Crippen molar-refractivity contribution < 1.29 is 22.7 Å². The van der Waals surface area contributed by atoms with E-state index in [0.29, 0.717) is 13.2 Å². The number of aromatic nitrogens is 3. The van der Waals surface area contributed by atoms with Gasteiger partial charge in [-0.3, -0.25) is 9.48 Å². The zero-order valence-electron chi connectivity index (χ0n) is 14.6. The number of hydrogen-bond donors (Lipinski definition) is 1. The van der Waals surface area contributed by atoms with Gasteiger partial charge in [0, 0.05) is 44.1 Å². The molecule has 0 unspecified atom stereocenters. The third-order valence-electron chi connectivity index (χ3n) is 4.14. The first-order valence-electron chi connectivity index (χ1n) is 8.56. The van der Waals surface area contributed by atoms with Gasteiger partial charge in [-0.2, -0.15) is 18.3 Å². The summed E-state index contributed by atoms with van der Waals surface area (Å²) in [6.07, 6.45) is -0.981. The standard InChI is InChI=1S/C17H20F3N5O2/c18-17(19,20)3-5-25-12-14(11-23-25)16(26)22-10-13-2-1-4-21-15(13)24-6-8-27-9-7-24/h1-2,4,11-12H,3,5-10H2,(H,22,26). The number of ether oxygens (including phenoxy) is 1. The van der Waals surface area contributed by atoms with Crippen LogP contribution in [0.25, 0.3) is 0 Å². The Balaban J connectivity index is 1.59. The van der Waals surface area contributed by atoms with Crippen molar-refractivity contribution in [3.05, 3.63) is 41.9 Å². The van der Waals surface area contributed by atoms with Crippen molar-refractivity contribution in [1.82, 2.24) is 20.1 Å². The maximum atomic E-state index is 12.3. The summed E-state index contributed by atoms with van der Waals surface area (Å²) in [5, 5.41) is 6.58. The van der Waals surface area contributed by atoms with Crippen molar-refractivity contribution in [3.8, 4) is 0 Å². The van der Waals surface area contributed by atoms with E-state index in [9.17, 15) is 18.0 Å². The van der Waals surface area contributed by atoms with Crippen molar-refractivity contribution in [3.63, 3.8) is 0 Å². The quantitative estimate of drug-likeness (QED) is 0.826. The van der Waals surface area contributed by atoms with Crippen LogP contribution in [0.5, 0.6) is 0 Å². The summed E-state index contributed by atoms with van der Waals surface area (Å²) >= 11 is 0. The number of morpholine rings is 1. The first kappa shape index (κ1) is 19.2. The fraction of sp³-hybridized carbons (Fsp3) is 0.471. The van der Waals surface area contributed by atoms with Crippen molar-refractivity contribution in [2.75, 3.05) is 31.2 Å². The van der Waals surface area contributed by atoms with Gasteiger partial charge >= 0.3 is 6.18 Å². The van der Waals surface area contributed by atoms with E-state index in [2.05, 4.69) is 20.3 Å². The number of pyridine rings is 1. The highest BCUT2D eigenvalue weighted by atomic mass is 19.4. The Morgan fingerprint density at radius 3 is 2.81 bits per heavy atom. The van der Waals surface area contributed by atoms with Crippen molar-refractivity contribution >= 4 is 11.7 Å². The number of carbonyl (C=O) groups is 1. The lowest BCUT2D eigenvalue weighted by atomic mass is 10.2. The predicted octanol–water partition coefficient (Wildman–Crippen LogP) is 2.00. The number of hydrogen-bond acceptors (Lipinski definition) is 5. The molecule has 1 aliphatic rings. The van der Waals surface area contributed by atoms with E-state index < -0.39 is 18.5 Å². The Bertz CT molecular complexity index is 772. The fourth-order valence-electron chi connectivity index (χ4n) is 2.75. The highest BCUT2D eigenvalue weighted by Gasteiger charge is 2.27. The maximum Gasteiger partial charge on any atom is 0.390 e. The Labute approximate surface area is 154 Å². The van der Waals surface area contributed by atoms with Crippen LogP contribution in [0, 0.1) is 0 Å². The molecule has 0 spiro atoms. The minimum Gasteiger partial charge on any atom is -0.378 e. The number of anilines is 1. The van der Waals surface area contributed by atoms with Crippen LogP contribution in [-0.4, -0.2) is 53.2 Å². The third kappa shape index (κ3) is 5.43. The average molecular weight is 383 g/mol. The second-order valence-corrected chi connectivity index (χ2v) is 6.13. The molecular formula is C17H20F3N5O2. The Kier molecular flexibility index (Phi) is 5.94. The van der Waals surface area contributed by atoms with Gasteiger partial charge in [0.1, 0.15) is 5.82 Å². The van der Waals surface area contributed by atoms with Crippen LogP contribution in [0.15, 0.2) is 30.7 Å². The Hall–Kier alpha value is -2.62. The molecule has 1 N–H and O–H groups in total. The SMILES string of the molecule is O=C(NCc1cccnc1N1CCOCC1)c1cnn(CCC(F)(F)F)c1. The molecule has 1 amide bonds. The van der Waals surface area contributed by atoms with E-state index >= 15 is 0 Å². The van der Waals surface area contributed by atoms with Gasteiger partial charge in [0.15, 0.2) is 0 Å². The van der Waals surface area contributed by atoms with Crippen molar-refractivity contribution in [2.24, 2.45) is 0 Å². The lowest BCUT2D eigenvalue weighted by molar-refractivity contribution is -0.137. The topological polar surface area (TPSA) is 72.3 Å². The molecule has 7 nitrogen and oxygen atoms in total. The highest BCUT2D eigenvalue weighted by Crippen LogP contribution is 2.20. The number of amides is 1. The smallest absolute Gasteiger partial charge is 0.378 e. The summed E-state index contributed by atoms with van der Waals surface area (Å²) in [5.74, 6) is 0.395. The van der Waals surface area contributed by atoms with Gasteiger partial charge in [0.2, 0.25) is 0 Å². The summed E-state index contributed by atoms with van der Waals surface area (Å²) in [4.78, 5) is 18.8. The summed E-state index contributed by atoms with van der Waals surface area (Å²) in [5.41, 5.74) is 1.08. The summed E-state index contributed by atoms with van der Waals surface area (Å²) in [7, 11) is 0. The van der Waals surface area contributed by atoms with E-state index in [0.717, 1.165) is 29.2 Å². The number of rotatable bonds is 6. The van der Waals surface area contributed by atoms with E-state index in [4.69, 9.17) is 4.74 Å². The summed E-state index contributed by atoms with van der Waals surface area (Å²) in [6.45, 7) is 2.64. The van der Waals surface area contributed by atoms with Gasteiger partial charge < -0.3 is 15.0 Å². The molecule has 0 saturated carbocycles. The number of nitrogens with one attached hydrogen (secondary N) is 1. The maximum absolute atomic E-state index is 12.3. The second kappa shape index (κ2) is 8.38. The molecule has 1 fully saturated rings. The molecule has 27 heavy (non-hydrogen) atoms. The molecule has 1 aliphatic heterocycles. The largest absolute Gasteiger partial charge is 0.390 e. The minimum absolute atomic E-state index is 0.217. The molecule has 0 radical (unpaired) electrons. The normalized spacial score (nSPS) is 15.0. The molecule has 2 aromatic rings. The molecule has 2 aromatic heterocycles. The highest BCUT2D eigenvalue weighted by molar-refractivity contribution is 5.93. The zero-order valence-corrected chi connectivity index (χ0v) is 14.6. The van der Waals surface area contributed by atoms with Gasteiger partial charge in [-0.1, -0.05) is 6.07 Å². The second-order valence-electron chi connectivity index (χ2n) is 6.13. The predicted molar refractivity (Wildman–Crippen MR) is 91.3 cm³/mol. The van der Waals surface area contributed by atoms with E-state index in [-0.39, 0.29) is 18.7 Å². The van der Waals surface area contributed by atoms with Crippen LogP contribution in [0.3, 0.4) is 0 Å². The minimum atomic E-state index is -4.26. The van der Waals surface area contributed by atoms with Gasteiger partial charge in [0.25, 0.3) is 5.91 Å². The number of halogens is 3. The summed E-state index contributed by atoms with van der Waals surface area (Å²) in [6, 6.07) is 3.67. The number of aryl methyl sites for hydroxylation is 1. The van der Waals surface area contributed by atoms with Crippen molar-refractivity contribution in [2.45, 2.75) is 25.7 Å². The van der Waals surface area contributed by atoms with E-state index in [1.807, 2.05) is 6.07 Å². The van der Waals surface area contributed by atoms with E-state index in [1.54, 1.807) is 12.3 Å². The van der Waals surface area contributed by atoms with E-state index in [1.165, 1.54) is 12.4 Å². The van der Waals surface area contributed by atoms with Gasteiger partial charge in [0.05, 0.1) is 31.4 Å².